The number of hydrogen-bond donors (Lipinski definition) is 1. The molecule has 12 heavy (non-hydrogen) atoms. The molecular formula is C8H8N4. The van der Waals surface area contributed by atoms with Gasteiger partial charge in [-0.1, -0.05) is 0 Å². The maximum atomic E-state index is 8.53. The summed E-state index contributed by atoms with van der Waals surface area (Å²) in [6.45, 7) is 0. The van der Waals surface area contributed by atoms with Crippen LogP contribution in [0.1, 0.15) is 29.5 Å². The van der Waals surface area contributed by atoms with E-state index in [1.807, 2.05) is 6.07 Å². The molecule has 0 fully saturated rings. The van der Waals surface area contributed by atoms with Crippen molar-refractivity contribution in [3.8, 4) is 6.07 Å². The van der Waals surface area contributed by atoms with Crippen molar-refractivity contribution < 1.29 is 0 Å². The molecule has 60 valence electrons. The fourth-order valence-electron chi connectivity index (χ4n) is 1.44. The van der Waals surface area contributed by atoms with Crippen LogP contribution in [0.15, 0.2) is 6.20 Å². The van der Waals surface area contributed by atoms with Gasteiger partial charge in [0, 0.05) is 23.5 Å². The predicted octanol–water partition coefficient (Wildman–Crippen LogP) is 0.294. The Bertz CT molecular complexity index is 353. The van der Waals surface area contributed by atoms with Gasteiger partial charge in [0.25, 0.3) is 0 Å². The summed E-state index contributed by atoms with van der Waals surface area (Å²) in [7, 11) is 0. The molecule has 0 bridgehead atoms. The third-order valence-corrected chi connectivity index (χ3v) is 2.09. The maximum absolute atomic E-state index is 8.53. The van der Waals surface area contributed by atoms with E-state index in [2.05, 4.69) is 9.97 Å². The summed E-state index contributed by atoms with van der Waals surface area (Å²) in [6, 6.07) is 1.97. The molecule has 0 aliphatic heterocycles. The summed E-state index contributed by atoms with van der Waals surface area (Å²) in [5.41, 5.74) is 7.71. The Labute approximate surface area is 70.1 Å². The number of aromatic nitrogens is 2. The van der Waals surface area contributed by atoms with Gasteiger partial charge in [0.05, 0.1) is 0 Å². The Morgan fingerprint density at radius 2 is 2.50 bits per heavy atom. The predicted molar refractivity (Wildman–Crippen MR) is 42.0 cm³/mol. The van der Waals surface area contributed by atoms with Gasteiger partial charge in [-0.2, -0.15) is 5.26 Å². The zero-order chi connectivity index (χ0) is 8.55. The first-order valence-corrected chi connectivity index (χ1v) is 3.83. The number of nitrogens with zero attached hydrogens (tertiary/aromatic N) is 3. The maximum Gasteiger partial charge on any atom is 0.232 e. The van der Waals surface area contributed by atoms with Crippen molar-refractivity contribution in [1.82, 2.24) is 9.97 Å². The lowest BCUT2D eigenvalue weighted by molar-refractivity contribution is 0.711. The lowest BCUT2D eigenvalue weighted by Gasteiger charge is -2.01. The molecule has 1 aromatic heterocycles. The van der Waals surface area contributed by atoms with Crippen molar-refractivity contribution in [2.24, 2.45) is 5.73 Å². The normalized spacial score (nSPS) is 20.2. The highest BCUT2D eigenvalue weighted by atomic mass is 14.9. The smallest absolute Gasteiger partial charge is 0.232 e. The van der Waals surface area contributed by atoms with Gasteiger partial charge in [0.15, 0.2) is 0 Å². The van der Waals surface area contributed by atoms with Crippen molar-refractivity contribution in [3.63, 3.8) is 0 Å². The Hall–Kier alpha value is -1.47. The van der Waals surface area contributed by atoms with E-state index in [0.717, 1.165) is 24.1 Å². The van der Waals surface area contributed by atoms with E-state index < -0.39 is 0 Å². The van der Waals surface area contributed by atoms with E-state index in [-0.39, 0.29) is 11.9 Å². The number of nitrogens with two attached hydrogens (primary N) is 1. The second kappa shape index (κ2) is 2.54. The van der Waals surface area contributed by atoms with Gasteiger partial charge in [0.1, 0.15) is 6.07 Å². The van der Waals surface area contributed by atoms with E-state index in [0.29, 0.717) is 0 Å². The molecule has 0 aromatic carbocycles. The molecule has 0 saturated heterocycles. The highest BCUT2D eigenvalue weighted by Gasteiger charge is 2.20. The standard InChI is InChI=1S/C8H8N4/c9-3-8-11-4-5-6(10)1-2-7(5)12-8/h4,6H,1-2,10H2. The fourth-order valence-corrected chi connectivity index (χ4v) is 1.44. The number of hydrogen-bond acceptors (Lipinski definition) is 4. The van der Waals surface area contributed by atoms with E-state index >= 15 is 0 Å². The molecule has 4 nitrogen and oxygen atoms in total. The monoisotopic (exact) mass is 160 g/mol. The van der Waals surface area contributed by atoms with E-state index in [9.17, 15) is 0 Å². The molecule has 4 heteroatoms. The van der Waals surface area contributed by atoms with Crippen LogP contribution in [0.3, 0.4) is 0 Å². The molecule has 2 N–H and O–H groups in total. The molecule has 0 radical (unpaired) electrons. The summed E-state index contributed by atoms with van der Waals surface area (Å²) < 4.78 is 0. The van der Waals surface area contributed by atoms with Crippen LogP contribution >= 0.6 is 0 Å². The summed E-state index contributed by atoms with van der Waals surface area (Å²) in [5.74, 6) is 0.239. The van der Waals surface area contributed by atoms with Crippen molar-refractivity contribution >= 4 is 0 Å². The van der Waals surface area contributed by atoms with Gasteiger partial charge in [-0.05, 0) is 12.8 Å². The minimum absolute atomic E-state index is 0.0627. The molecule has 1 aliphatic rings. The number of rotatable bonds is 0. The van der Waals surface area contributed by atoms with Gasteiger partial charge in [-0.15, -0.1) is 0 Å². The summed E-state index contributed by atoms with van der Waals surface area (Å²) in [5, 5.41) is 8.53. The molecular weight excluding hydrogens is 152 g/mol. The zero-order valence-corrected chi connectivity index (χ0v) is 6.49. The van der Waals surface area contributed by atoms with Crippen LogP contribution in [0.4, 0.5) is 0 Å². The molecule has 1 atom stereocenters. The lowest BCUT2D eigenvalue weighted by Crippen LogP contribution is -2.06. The van der Waals surface area contributed by atoms with Crippen LogP contribution < -0.4 is 5.73 Å². The Morgan fingerprint density at radius 3 is 3.25 bits per heavy atom. The zero-order valence-electron chi connectivity index (χ0n) is 6.49. The van der Waals surface area contributed by atoms with Gasteiger partial charge >= 0.3 is 0 Å². The largest absolute Gasteiger partial charge is 0.324 e. The summed E-state index contributed by atoms with van der Waals surface area (Å²) in [4.78, 5) is 7.94. The highest BCUT2D eigenvalue weighted by molar-refractivity contribution is 5.28. The van der Waals surface area contributed by atoms with Gasteiger partial charge in [0.2, 0.25) is 5.82 Å². The first-order valence-electron chi connectivity index (χ1n) is 3.83. The van der Waals surface area contributed by atoms with Crippen LogP contribution in [0.5, 0.6) is 0 Å². The van der Waals surface area contributed by atoms with Gasteiger partial charge in [-0.25, -0.2) is 9.97 Å². The Balaban J connectivity index is 2.50. The minimum atomic E-state index is 0.0627. The quantitative estimate of drug-likeness (QED) is 0.592. The number of fused-ring (bicyclic) bond motifs is 1. The van der Waals surface area contributed by atoms with E-state index in [1.165, 1.54) is 0 Å². The molecule has 2 rings (SSSR count). The van der Waals surface area contributed by atoms with Crippen LogP contribution in [0, 0.1) is 11.3 Å². The average molecular weight is 160 g/mol. The van der Waals surface area contributed by atoms with Crippen LogP contribution in [-0.4, -0.2) is 9.97 Å². The molecule has 1 aromatic rings. The van der Waals surface area contributed by atoms with Crippen molar-refractivity contribution in [3.05, 3.63) is 23.3 Å². The fraction of sp³-hybridized carbons (Fsp3) is 0.375. The van der Waals surface area contributed by atoms with Gasteiger partial charge in [-0.3, -0.25) is 0 Å². The van der Waals surface area contributed by atoms with Crippen LogP contribution in [-0.2, 0) is 6.42 Å². The second-order valence-electron chi connectivity index (χ2n) is 2.85. The molecule has 0 spiro atoms. The summed E-state index contributed by atoms with van der Waals surface area (Å²) >= 11 is 0. The minimum Gasteiger partial charge on any atom is -0.324 e. The topological polar surface area (TPSA) is 75.6 Å². The van der Waals surface area contributed by atoms with E-state index in [4.69, 9.17) is 11.0 Å². The third kappa shape index (κ3) is 0.953. The van der Waals surface area contributed by atoms with Crippen LogP contribution in [0.25, 0.3) is 0 Å². The Kier molecular flexibility index (Phi) is 1.52. The van der Waals surface area contributed by atoms with Crippen molar-refractivity contribution in [2.45, 2.75) is 18.9 Å². The Morgan fingerprint density at radius 1 is 1.67 bits per heavy atom. The number of aryl methyl sites for hydroxylation is 1. The molecule has 0 saturated carbocycles. The van der Waals surface area contributed by atoms with E-state index in [1.54, 1.807) is 6.20 Å². The second-order valence-corrected chi connectivity index (χ2v) is 2.85. The lowest BCUT2D eigenvalue weighted by atomic mass is 10.2. The molecule has 1 heterocycles. The van der Waals surface area contributed by atoms with Gasteiger partial charge < -0.3 is 5.73 Å². The first-order chi connectivity index (χ1) is 5.81. The average Bonchev–Trinajstić information content (AvgIpc) is 2.47. The summed E-state index contributed by atoms with van der Waals surface area (Å²) in [6.07, 6.45) is 3.45. The SMILES string of the molecule is N#Cc1ncc2c(n1)CCC2N. The third-order valence-electron chi connectivity index (χ3n) is 2.09. The molecule has 0 amide bonds. The molecule has 1 aliphatic carbocycles. The van der Waals surface area contributed by atoms with Crippen LogP contribution in [0.2, 0.25) is 0 Å². The molecule has 1 unspecified atom stereocenters. The number of nitriles is 1. The van der Waals surface area contributed by atoms with Crippen molar-refractivity contribution in [2.75, 3.05) is 0 Å². The van der Waals surface area contributed by atoms with Crippen molar-refractivity contribution in [1.29, 1.82) is 5.26 Å². The highest BCUT2D eigenvalue weighted by Crippen LogP contribution is 2.26. The first kappa shape index (κ1) is 7.19.